The lowest BCUT2D eigenvalue weighted by Crippen LogP contribution is -2.16. The van der Waals surface area contributed by atoms with E-state index in [1.807, 2.05) is 0 Å². The molecule has 0 radical (unpaired) electrons. The van der Waals surface area contributed by atoms with Gasteiger partial charge in [0, 0.05) is 39.5 Å². The molecule has 3 nitrogen and oxygen atoms in total. The second-order valence-electron chi connectivity index (χ2n) is 4.66. The van der Waals surface area contributed by atoms with Crippen LogP contribution < -0.4 is 10.2 Å². The van der Waals surface area contributed by atoms with Gasteiger partial charge in [0.05, 0.1) is 0 Å². The van der Waals surface area contributed by atoms with Gasteiger partial charge in [0.2, 0.25) is 0 Å². The number of anilines is 1. The molecule has 2 rings (SSSR count). The maximum Gasteiger partial charge on any atom is 0.0474 e. The summed E-state index contributed by atoms with van der Waals surface area (Å²) in [7, 11) is 3.91. The molecular formula is C14H22N2O. The Balaban J connectivity index is 1.82. The molecule has 1 aliphatic rings. The lowest BCUT2D eigenvalue weighted by molar-refractivity contribution is 0.194. The van der Waals surface area contributed by atoms with Crippen LogP contribution in [-0.4, -0.2) is 33.9 Å². The molecular weight excluding hydrogens is 212 g/mol. The van der Waals surface area contributed by atoms with Crippen molar-refractivity contribution in [3.8, 4) is 0 Å². The third kappa shape index (κ3) is 3.20. The minimum Gasteiger partial charge on any atom is -0.385 e. The molecule has 1 N–H and O–H groups in total. The Labute approximate surface area is 104 Å². The Hall–Kier alpha value is -1.06. The average Bonchev–Trinajstić information content (AvgIpc) is 2.71. The summed E-state index contributed by atoms with van der Waals surface area (Å²) in [6, 6.07) is 6.81. The zero-order valence-corrected chi connectivity index (χ0v) is 10.8. The van der Waals surface area contributed by atoms with Crippen molar-refractivity contribution in [2.45, 2.75) is 19.4 Å². The fourth-order valence-electron chi connectivity index (χ4n) is 2.30. The van der Waals surface area contributed by atoms with Crippen LogP contribution in [0.5, 0.6) is 0 Å². The van der Waals surface area contributed by atoms with E-state index in [9.17, 15) is 0 Å². The Bertz CT molecular complexity index is 365. The summed E-state index contributed by atoms with van der Waals surface area (Å²) in [6.07, 6.45) is 2.26. The van der Waals surface area contributed by atoms with Crippen LogP contribution >= 0.6 is 0 Å². The van der Waals surface area contributed by atoms with Gasteiger partial charge in [-0.15, -0.1) is 0 Å². The highest BCUT2D eigenvalue weighted by atomic mass is 16.5. The lowest BCUT2D eigenvalue weighted by Gasteiger charge is -2.12. The maximum absolute atomic E-state index is 5.02. The van der Waals surface area contributed by atoms with Crippen molar-refractivity contribution in [1.29, 1.82) is 0 Å². The molecule has 0 bridgehead atoms. The summed E-state index contributed by atoms with van der Waals surface area (Å²) >= 11 is 0. The van der Waals surface area contributed by atoms with E-state index in [1.54, 1.807) is 7.11 Å². The second kappa shape index (κ2) is 6.03. The Morgan fingerprint density at radius 2 is 2.29 bits per heavy atom. The molecule has 0 atom stereocenters. The van der Waals surface area contributed by atoms with Crippen molar-refractivity contribution >= 4 is 5.69 Å². The number of hydrogen-bond donors (Lipinski definition) is 1. The van der Waals surface area contributed by atoms with E-state index >= 15 is 0 Å². The number of nitrogens with one attached hydrogen (secondary N) is 1. The molecule has 0 fully saturated rings. The maximum atomic E-state index is 5.02. The van der Waals surface area contributed by atoms with Gasteiger partial charge < -0.3 is 15.0 Å². The van der Waals surface area contributed by atoms with Crippen molar-refractivity contribution in [2.24, 2.45) is 0 Å². The molecule has 0 saturated heterocycles. The van der Waals surface area contributed by atoms with Crippen molar-refractivity contribution in [2.75, 3.05) is 38.8 Å². The van der Waals surface area contributed by atoms with E-state index in [0.29, 0.717) is 0 Å². The van der Waals surface area contributed by atoms with Crippen LogP contribution in [0.3, 0.4) is 0 Å². The van der Waals surface area contributed by atoms with Gasteiger partial charge >= 0.3 is 0 Å². The molecule has 1 aromatic carbocycles. The zero-order chi connectivity index (χ0) is 12.1. The number of benzene rings is 1. The van der Waals surface area contributed by atoms with Gasteiger partial charge in [-0.2, -0.15) is 0 Å². The van der Waals surface area contributed by atoms with Gasteiger partial charge in [-0.25, -0.2) is 0 Å². The van der Waals surface area contributed by atoms with Crippen molar-refractivity contribution in [3.63, 3.8) is 0 Å². The summed E-state index contributed by atoms with van der Waals surface area (Å²) < 4.78 is 5.02. The molecule has 0 aromatic heterocycles. The lowest BCUT2D eigenvalue weighted by atomic mass is 10.1. The third-order valence-corrected chi connectivity index (χ3v) is 3.30. The predicted octanol–water partition coefficient (Wildman–Crippen LogP) is 1.80. The van der Waals surface area contributed by atoms with E-state index in [2.05, 4.69) is 35.5 Å². The smallest absolute Gasteiger partial charge is 0.0474 e. The van der Waals surface area contributed by atoms with Gasteiger partial charge in [-0.05, 0) is 36.6 Å². The number of hydrogen-bond acceptors (Lipinski definition) is 3. The predicted molar refractivity (Wildman–Crippen MR) is 71.6 cm³/mol. The second-order valence-corrected chi connectivity index (χ2v) is 4.66. The molecule has 1 aromatic rings. The summed E-state index contributed by atoms with van der Waals surface area (Å²) in [6.45, 7) is 3.97. The molecule has 3 heteroatoms. The van der Waals surface area contributed by atoms with E-state index in [4.69, 9.17) is 4.74 Å². The molecule has 17 heavy (non-hydrogen) atoms. The number of likely N-dealkylation sites (N-methyl/N-ethyl adjacent to an activating group) is 1. The highest BCUT2D eigenvalue weighted by molar-refractivity contribution is 5.58. The minimum atomic E-state index is 0.835. The molecule has 0 amide bonds. The summed E-state index contributed by atoms with van der Waals surface area (Å²) in [5.41, 5.74) is 4.27. The first-order valence-corrected chi connectivity index (χ1v) is 6.34. The Morgan fingerprint density at radius 3 is 3.12 bits per heavy atom. The highest BCUT2D eigenvalue weighted by Gasteiger charge is 2.15. The summed E-state index contributed by atoms with van der Waals surface area (Å²) in [5, 5.41) is 3.45. The van der Waals surface area contributed by atoms with E-state index in [-0.39, 0.29) is 0 Å². The van der Waals surface area contributed by atoms with Crippen molar-refractivity contribution in [1.82, 2.24) is 5.32 Å². The van der Waals surface area contributed by atoms with Crippen LogP contribution in [0.25, 0.3) is 0 Å². The van der Waals surface area contributed by atoms with Crippen molar-refractivity contribution in [3.05, 3.63) is 29.3 Å². The minimum absolute atomic E-state index is 0.835. The van der Waals surface area contributed by atoms with Gasteiger partial charge in [0.1, 0.15) is 0 Å². The fraction of sp³-hybridized carbons (Fsp3) is 0.571. The first kappa shape index (κ1) is 12.4. The molecule has 1 aliphatic heterocycles. The molecule has 0 spiro atoms. The summed E-state index contributed by atoms with van der Waals surface area (Å²) in [5.74, 6) is 0. The number of methoxy groups -OCH3 is 1. The molecule has 1 heterocycles. The van der Waals surface area contributed by atoms with Crippen LogP contribution in [0.1, 0.15) is 17.5 Å². The largest absolute Gasteiger partial charge is 0.385 e. The van der Waals surface area contributed by atoms with Crippen LogP contribution in [0, 0.1) is 0 Å². The SMILES string of the molecule is COCCCNCc1ccc2c(c1)CCN2C. The van der Waals surface area contributed by atoms with Gasteiger partial charge in [0.15, 0.2) is 0 Å². The van der Waals surface area contributed by atoms with Gasteiger partial charge in [-0.3, -0.25) is 0 Å². The number of ether oxygens (including phenoxy) is 1. The van der Waals surface area contributed by atoms with Gasteiger partial charge in [0.25, 0.3) is 0 Å². The highest BCUT2D eigenvalue weighted by Crippen LogP contribution is 2.27. The van der Waals surface area contributed by atoms with Gasteiger partial charge in [-0.1, -0.05) is 12.1 Å². The number of rotatable bonds is 6. The van der Waals surface area contributed by atoms with Crippen LogP contribution in [-0.2, 0) is 17.7 Å². The molecule has 0 unspecified atom stereocenters. The first-order chi connectivity index (χ1) is 8.31. The number of fused-ring (bicyclic) bond motifs is 1. The van der Waals surface area contributed by atoms with Crippen LogP contribution in [0.2, 0.25) is 0 Å². The Kier molecular flexibility index (Phi) is 4.40. The fourth-order valence-corrected chi connectivity index (χ4v) is 2.30. The van der Waals surface area contributed by atoms with E-state index in [1.165, 1.54) is 23.2 Å². The third-order valence-electron chi connectivity index (χ3n) is 3.30. The monoisotopic (exact) mass is 234 g/mol. The topological polar surface area (TPSA) is 24.5 Å². The summed E-state index contributed by atoms with van der Waals surface area (Å²) in [4.78, 5) is 2.32. The van der Waals surface area contributed by atoms with Crippen LogP contribution in [0.15, 0.2) is 18.2 Å². The average molecular weight is 234 g/mol. The molecule has 0 aliphatic carbocycles. The quantitative estimate of drug-likeness (QED) is 0.760. The number of nitrogens with zero attached hydrogens (tertiary/aromatic N) is 1. The van der Waals surface area contributed by atoms with E-state index in [0.717, 1.165) is 32.7 Å². The Morgan fingerprint density at radius 1 is 1.41 bits per heavy atom. The normalized spacial score (nSPS) is 14.1. The van der Waals surface area contributed by atoms with Crippen molar-refractivity contribution < 1.29 is 4.74 Å². The molecule has 94 valence electrons. The zero-order valence-electron chi connectivity index (χ0n) is 10.8. The standard InChI is InChI=1S/C14H22N2O/c1-16-8-6-13-10-12(4-5-14(13)16)11-15-7-3-9-17-2/h4-5,10,15H,3,6-9,11H2,1-2H3. The molecule has 0 saturated carbocycles. The van der Waals surface area contributed by atoms with E-state index < -0.39 is 0 Å². The first-order valence-electron chi connectivity index (χ1n) is 6.34. The van der Waals surface area contributed by atoms with Crippen LogP contribution in [0.4, 0.5) is 5.69 Å².